The summed E-state index contributed by atoms with van der Waals surface area (Å²) in [6.45, 7) is 6.18. The van der Waals surface area contributed by atoms with Crippen molar-refractivity contribution in [2.75, 3.05) is 38.8 Å². The first-order valence-corrected chi connectivity index (χ1v) is 19.2. The number of unbranched alkanes of at least 4 members (excludes halogenated alkanes) is 2. The van der Waals surface area contributed by atoms with E-state index < -0.39 is 98.1 Å². The molecule has 1 aromatic carbocycles. The van der Waals surface area contributed by atoms with Gasteiger partial charge >= 0.3 is 23.9 Å². The van der Waals surface area contributed by atoms with Gasteiger partial charge in [-0.15, -0.1) is 0 Å². The molecule has 0 radical (unpaired) electrons. The van der Waals surface area contributed by atoms with E-state index in [0.29, 0.717) is 12.2 Å². The highest BCUT2D eigenvalue weighted by molar-refractivity contribution is 8.13. The number of ether oxygens (including phenoxy) is 11. The molecule has 5 unspecified atom stereocenters. The van der Waals surface area contributed by atoms with Crippen LogP contribution < -0.4 is 0 Å². The SMILES string of the molecule is CC(=O)OCC1O[C@@H](O[C@@H]2C(N=[N+]=[N-])[C@@H](OCCOCCCCCSC(C)=O)OC3COC(c4ccccc4)O[C@@H]32)C(OC(C)=O)[C@@H](OC(C)=O)[C@H]1OC(C)=O. The fourth-order valence-electron chi connectivity index (χ4n) is 6.29. The fourth-order valence-corrected chi connectivity index (χ4v) is 6.93. The molecule has 4 rings (SSSR count). The molecular weight excluding hydrogens is 762 g/mol. The van der Waals surface area contributed by atoms with Crippen molar-refractivity contribution in [1.29, 1.82) is 0 Å². The maximum atomic E-state index is 12.5. The summed E-state index contributed by atoms with van der Waals surface area (Å²) < 4.78 is 65.1. The van der Waals surface area contributed by atoms with Gasteiger partial charge < -0.3 is 52.1 Å². The van der Waals surface area contributed by atoms with Crippen molar-refractivity contribution in [1.82, 2.24) is 0 Å². The predicted molar refractivity (Wildman–Crippen MR) is 192 cm³/mol. The lowest BCUT2D eigenvalue weighted by atomic mass is 9.94. The van der Waals surface area contributed by atoms with Crippen LogP contribution in [0.3, 0.4) is 0 Å². The van der Waals surface area contributed by atoms with E-state index in [1.807, 2.05) is 6.07 Å². The van der Waals surface area contributed by atoms with Crippen molar-refractivity contribution in [2.45, 2.75) is 122 Å². The summed E-state index contributed by atoms with van der Waals surface area (Å²) in [6.07, 6.45) is -10.2. The highest BCUT2D eigenvalue weighted by atomic mass is 32.2. The molecule has 3 fully saturated rings. The third-order valence-electron chi connectivity index (χ3n) is 8.55. The third-order valence-corrected chi connectivity index (χ3v) is 9.45. The van der Waals surface area contributed by atoms with E-state index in [1.54, 1.807) is 24.3 Å². The minimum atomic E-state index is -1.63. The molecule has 3 aliphatic heterocycles. The lowest BCUT2D eigenvalue weighted by molar-refractivity contribution is -0.376. The summed E-state index contributed by atoms with van der Waals surface area (Å²) in [5.41, 5.74) is 10.4. The van der Waals surface area contributed by atoms with Crippen LogP contribution in [0, 0.1) is 0 Å². The number of fused-ring (bicyclic) bond motifs is 1. The van der Waals surface area contributed by atoms with Crippen LogP contribution in [-0.2, 0) is 76.1 Å². The maximum absolute atomic E-state index is 12.5. The Morgan fingerprint density at radius 2 is 1.48 bits per heavy atom. The van der Waals surface area contributed by atoms with Gasteiger partial charge in [-0.25, -0.2) is 0 Å². The molecule has 0 spiro atoms. The number of esters is 4. The summed E-state index contributed by atoms with van der Waals surface area (Å²) >= 11 is 1.29. The molecule has 11 atom stereocenters. The molecule has 0 aliphatic carbocycles. The van der Waals surface area contributed by atoms with Gasteiger partial charge in [0.1, 0.15) is 37.1 Å². The van der Waals surface area contributed by atoms with Crippen LogP contribution >= 0.6 is 11.8 Å². The van der Waals surface area contributed by atoms with Crippen molar-refractivity contribution >= 4 is 40.8 Å². The van der Waals surface area contributed by atoms with Crippen LogP contribution in [0.15, 0.2) is 35.4 Å². The van der Waals surface area contributed by atoms with Crippen molar-refractivity contribution in [3.8, 4) is 0 Å². The Balaban J connectivity index is 1.62. The molecule has 0 N–H and O–H groups in total. The third kappa shape index (κ3) is 13.7. The summed E-state index contributed by atoms with van der Waals surface area (Å²) in [7, 11) is 0. The second-order valence-electron chi connectivity index (χ2n) is 13.0. The van der Waals surface area contributed by atoms with Gasteiger partial charge in [-0.05, 0) is 18.4 Å². The number of nitrogens with zero attached hydrogens (tertiary/aromatic N) is 3. The predicted octanol–water partition coefficient (Wildman–Crippen LogP) is 3.46. The van der Waals surface area contributed by atoms with Crippen LogP contribution in [0.1, 0.15) is 65.7 Å². The zero-order chi connectivity index (χ0) is 40.6. The fraction of sp³-hybridized carbons (Fsp3) is 0.694. The molecule has 3 aliphatic rings. The van der Waals surface area contributed by atoms with Crippen molar-refractivity contribution < 1.29 is 76.1 Å². The molecule has 19 nitrogen and oxygen atoms in total. The zero-order valence-electron chi connectivity index (χ0n) is 31.9. The number of rotatable bonds is 19. The van der Waals surface area contributed by atoms with Gasteiger partial charge in [0, 0.05) is 57.5 Å². The Morgan fingerprint density at radius 3 is 2.14 bits per heavy atom. The second-order valence-corrected chi connectivity index (χ2v) is 14.2. The van der Waals surface area contributed by atoms with E-state index in [-0.39, 0.29) is 24.9 Å². The summed E-state index contributed by atoms with van der Waals surface area (Å²) in [5.74, 6) is -2.39. The number of hydrogen-bond acceptors (Lipinski definition) is 18. The quantitative estimate of drug-likeness (QED) is 0.0486. The number of carbonyl (C=O) groups is 5. The highest BCUT2D eigenvalue weighted by Gasteiger charge is 2.57. The molecule has 1 aromatic rings. The minimum absolute atomic E-state index is 0.01000. The van der Waals surface area contributed by atoms with Gasteiger partial charge in [-0.2, -0.15) is 0 Å². The summed E-state index contributed by atoms with van der Waals surface area (Å²) in [6, 6.07) is 7.77. The molecule has 56 heavy (non-hydrogen) atoms. The molecule has 0 aromatic heterocycles. The minimum Gasteiger partial charge on any atom is -0.463 e. The van der Waals surface area contributed by atoms with Gasteiger partial charge in [-0.1, -0.05) is 53.6 Å². The van der Waals surface area contributed by atoms with Gasteiger partial charge in [-0.3, -0.25) is 24.0 Å². The van der Waals surface area contributed by atoms with Crippen LogP contribution in [-0.4, -0.2) is 129 Å². The lowest BCUT2D eigenvalue weighted by Gasteiger charge is -2.50. The molecule has 310 valence electrons. The number of carbonyl (C=O) groups excluding carboxylic acids is 5. The Labute approximate surface area is 328 Å². The zero-order valence-corrected chi connectivity index (χ0v) is 32.7. The monoisotopic (exact) mass is 811 g/mol. The smallest absolute Gasteiger partial charge is 0.303 e. The molecule has 0 saturated carbocycles. The largest absolute Gasteiger partial charge is 0.463 e. The van der Waals surface area contributed by atoms with E-state index in [4.69, 9.17) is 52.1 Å². The molecule has 0 bridgehead atoms. The second kappa shape index (κ2) is 22.8. The van der Waals surface area contributed by atoms with Gasteiger partial charge in [0.2, 0.25) is 0 Å². The Hall–Kier alpha value is -3.85. The highest BCUT2D eigenvalue weighted by Crippen LogP contribution is 2.39. The number of hydrogen-bond donors (Lipinski definition) is 0. The first-order chi connectivity index (χ1) is 26.9. The number of benzene rings is 1. The van der Waals surface area contributed by atoms with Gasteiger partial charge in [0.05, 0.1) is 19.8 Å². The first kappa shape index (κ1) is 44.9. The number of azide groups is 1. The molecular formula is C36H49N3O16S. The Kier molecular flexibility index (Phi) is 18.2. The van der Waals surface area contributed by atoms with Crippen molar-refractivity contribution in [3.05, 3.63) is 46.3 Å². The maximum Gasteiger partial charge on any atom is 0.303 e. The normalized spacial score (nSPS) is 29.8. The van der Waals surface area contributed by atoms with E-state index in [9.17, 15) is 29.5 Å². The van der Waals surface area contributed by atoms with Crippen molar-refractivity contribution in [3.63, 3.8) is 0 Å². The molecule has 3 saturated heterocycles. The van der Waals surface area contributed by atoms with E-state index >= 15 is 0 Å². The first-order valence-electron chi connectivity index (χ1n) is 18.2. The topological polar surface area (TPSA) is 236 Å². The van der Waals surface area contributed by atoms with Gasteiger partial charge in [0.15, 0.2) is 42.3 Å². The standard InChI is InChI=1S/C36H49N3O16S/c1-20(40)47-18-26-30(49-21(2)41)32(50-22(3)42)33(51-23(4)43)36(53-26)55-31-28(38-39-37)35(46-16-15-45-14-10-7-11-17-56-24(5)44)52-27-19-48-34(54-29(27)31)25-12-8-6-9-13-25/h6,8-9,12-13,26-36H,7,10-11,14-19H2,1-5H3/t26?,27?,28?,29-,30-,31+,32-,33?,34?,35-,36-/m0/s1. The van der Waals surface area contributed by atoms with Crippen LogP contribution in [0.2, 0.25) is 0 Å². The van der Waals surface area contributed by atoms with Crippen LogP contribution in [0.25, 0.3) is 10.4 Å². The van der Waals surface area contributed by atoms with E-state index in [2.05, 4.69) is 10.0 Å². The van der Waals surface area contributed by atoms with Crippen LogP contribution in [0.4, 0.5) is 0 Å². The van der Waals surface area contributed by atoms with Gasteiger partial charge in [0.25, 0.3) is 0 Å². The Morgan fingerprint density at radius 1 is 0.786 bits per heavy atom. The summed E-state index contributed by atoms with van der Waals surface area (Å²) in [5, 5.41) is 4.07. The summed E-state index contributed by atoms with van der Waals surface area (Å²) in [4.78, 5) is 63.2. The van der Waals surface area contributed by atoms with Crippen LogP contribution in [0.5, 0.6) is 0 Å². The van der Waals surface area contributed by atoms with E-state index in [1.165, 1.54) is 18.7 Å². The lowest BCUT2D eigenvalue weighted by Crippen LogP contribution is -2.67. The average Bonchev–Trinajstić information content (AvgIpc) is 3.14. The molecule has 0 amide bonds. The average molecular weight is 812 g/mol. The number of thioether (sulfide) groups is 1. The molecule has 3 heterocycles. The molecule has 20 heteroatoms. The Bertz CT molecular complexity index is 1520. The van der Waals surface area contributed by atoms with E-state index in [0.717, 1.165) is 52.7 Å². The van der Waals surface area contributed by atoms with Crippen molar-refractivity contribution in [2.24, 2.45) is 5.11 Å².